The van der Waals surface area contributed by atoms with Gasteiger partial charge in [0.2, 0.25) is 0 Å². The largest absolute Gasteiger partial charge is 0.481 e. The minimum Gasteiger partial charge on any atom is -0.481 e. The number of halogens is 5. The molecule has 1 heterocycles. The molecule has 2 rings (SSSR count). The van der Waals surface area contributed by atoms with Crippen LogP contribution in [0.4, 0.5) is 22.0 Å². The fraction of sp³-hybridized carbons (Fsp3) is 0.385. The number of carbonyl (C=O) groups is 2. The molecule has 4 nitrogen and oxygen atoms in total. The van der Waals surface area contributed by atoms with Gasteiger partial charge in [-0.05, 0) is 11.6 Å². The maximum atomic E-state index is 13.7. The van der Waals surface area contributed by atoms with Crippen LogP contribution in [-0.2, 0) is 9.59 Å². The first kappa shape index (κ1) is 16.2. The highest BCUT2D eigenvalue weighted by Crippen LogP contribution is 2.36. The number of rotatable bonds is 2. The van der Waals surface area contributed by atoms with Crippen molar-refractivity contribution >= 4 is 11.9 Å². The Bertz CT molecular complexity index is 616. The molecule has 1 aliphatic heterocycles. The summed E-state index contributed by atoms with van der Waals surface area (Å²) in [6.07, 6.45) is -5.14. The van der Waals surface area contributed by atoms with Crippen molar-refractivity contribution < 1.29 is 36.6 Å². The van der Waals surface area contributed by atoms with Crippen LogP contribution in [0.5, 0.6) is 0 Å². The fourth-order valence-electron chi connectivity index (χ4n) is 2.52. The first-order chi connectivity index (χ1) is 10.1. The van der Waals surface area contributed by atoms with E-state index in [0.29, 0.717) is 11.0 Å². The van der Waals surface area contributed by atoms with Gasteiger partial charge in [-0.2, -0.15) is 13.2 Å². The summed E-state index contributed by atoms with van der Waals surface area (Å²) in [6, 6.07) is 2.38. The number of hydrogen-bond donors (Lipinski definition) is 1. The molecule has 0 radical (unpaired) electrons. The molecule has 1 amide bonds. The molecule has 0 aliphatic carbocycles. The summed E-state index contributed by atoms with van der Waals surface area (Å²) >= 11 is 0. The van der Waals surface area contributed by atoms with Gasteiger partial charge in [0, 0.05) is 25.1 Å². The van der Waals surface area contributed by atoms with E-state index in [2.05, 4.69) is 0 Å². The summed E-state index contributed by atoms with van der Waals surface area (Å²) in [5.74, 6) is -8.16. The topological polar surface area (TPSA) is 57.6 Å². The summed E-state index contributed by atoms with van der Waals surface area (Å²) in [4.78, 5) is 22.7. The highest BCUT2D eigenvalue weighted by molar-refractivity contribution is 5.83. The molecule has 0 spiro atoms. The third kappa shape index (κ3) is 3.02. The molecule has 1 aromatic carbocycles. The van der Waals surface area contributed by atoms with Crippen molar-refractivity contribution in [2.24, 2.45) is 5.92 Å². The Kier molecular flexibility index (Phi) is 4.08. The van der Waals surface area contributed by atoms with Gasteiger partial charge in [0.25, 0.3) is 0 Å². The van der Waals surface area contributed by atoms with Crippen molar-refractivity contribution in [2.45, 2.75) is 12.1 Å². The zero-order valence-corrected chi connectivity index (χ0v) is 10.9. The number of aliphatic carboxylic acids is 1. The van der Waals surface area contributed by atoms with E-state index in [1.165, 1.54) is 0 Å². The monoisotopic (exact) mass is 323 g/mol. The van der Waals surface area contributed by atoms with Crippen molar-refractivity contribution in [1.82, 2.24) is 4.90 Å². The highest BCUT2D eigenvalue weighted by Gasteiger charge is 2.49. The van der Waals surface area contributed by atoms with E-state index in [1.54, 1.807) is 0 Å². The standard InChI is InChI=1S/C13H10F5NO3/c14-6-1-2-7(10(15)3-6)8-4-19(5-9(8)11(20)21)12(22)13(16,17)18/h1-3,8-9H,4-5H2,(H,20,21)/t8-,9+/m0/s1. The van der Waals surface area contributed by atoms with Crippen LogP contribution in [0.25, 0.3) is 0 Å². The van der Waals surface area contributed by atoms with Crippen LogP contribution in [0, 0.1) is 17.6 Å². The molecule has 1 aliphatic rings. The molecule has 1 aromatic rings. The predicted octanol–water partition coefficient (Wildman–Crippen LogP) is 2.15. The molecule has 1 saturated heterocycles. The second kappa shape index (κ2) is 5.54. The number of carbonyl (C=O) groups excluding carboxylic acids is 1. The van der Waals surface area contributed by atoms with Crippen LogP contribution >= 0.6 is 0 Å². The van der Waals surface area contributed by atoms with Gasteiger partial charge in [-0.3, -0.25) is 9.59 Å². The lowest BCUT2D eigenvalue weighted by Gasteiger charge is -2.18. The Morgan fingerprint density at radius 1 is 1.18 bits per heavy atom. The second-order valence-corrected chi connectivity index (χ2v) is 4.92. The van der Waals surface area contributed by atoms with Crippen LogP contribution in [0.2, 0.25) is 0 Å². The summed E-state index contributed by atoms with van der Waals surface area (Å²) in [6.45, 7) is -1.28. The van der Waals surface area contributed by atoms with Gasteiger partial charge in [-0.1, -0.05) is 6.07 Å². The van der Waals surface area contributed by atoms with Gasteiger partial charge >= 0.3 is 18.1 Å². The number of benzene rings is 1. The van der Waals surface area contributed by atoms with Crippen LogP contribution in [0.3, 0.4) is 0 Å². The van der Waals surface area contributed by atoms with Crippen molar-refractivity contribution in [3.63, 3.8) is 0 Å². The molecule has 2 atom stereocenters. The minimum atomic E-state index is -5.14. The van der Waals surface area contributed by atoms with E-state index < -0.39 is 54.6 Å². The molecule has 22 heavy (non-hydrogen) atoms. The third-order valence-corrected chi connectivity index (χ3v) is 3.53. The Morgan fingerprint density at radius 2 is 1.82 bits per heavy atom. The van der Waals surface area contributed by atoms with E-state index >= 15 is 0 Å². The fourth-order valence-corrected chi connectivity index (χ4v) is 2.52. The Labute approximate surface area is 121 Å². The smallest absolute Gasteiger partial charge is 0.471 e. The van der Waals surface area contributed by atoms with Crippen LogP contribution in [0.15, 0.2) is 18.2 Å². The lowest BCUT2D eigenvalue weighted by atomic mass is 9.88. The van der Waals surface area contributed by atoms with Gasteiger partial charge in [-0.15, -0.1) is 0 Å². The van der Waals surface area contributed by atoms with Crippen LogP contribution in [-0.4, -0.2) is 41.1 Å². The molecule has 1 fully saturated rings. The SMILES string of the molecule is O=C(O)[C@@H]1CN(C(=O)C(F)(F)F)C[C@H]1c1ccc(F)cc1F. The zero-order valence-electron chi connectivity index (χ0n) is 10.9. The number of likely N-dealkylation sites (tertiary alicyclic amines) is 1. The average Bonchev–Trinajstić information content (AvgIpc) is 2.81. The lowest BCUT2D eigenvalue weighted by molar-refractivity contribution is -0.184. The quantitative estimate of drug-likeness (QED) is 0.849. The number of carboxylic acid groups (broad SMARTS) is 1. The van der Waals surface area contributed by atoms with Crippen molar-refractivity contribution in [2.75, 3.05) is 13.1 Å². The van der Waals surface area contributed by atoms with Crippen molar-refractivity contribution in [1.29, 1.82) is 0 Å². The summed E-state index contributed by atoms with van der Waals surface area (Å²) in [5, 5.41) is 9.08. The molecule has 0 bridgehead atoms. The van der Waals surface area contributed by atoms with Gasteiger partial charge in [-0.25, -0.2) is 8.78 Å². The van der Waals surface area contributed by atoms with E-state index in [0.717, 1.165) is 12.1 Å². The number of amides is 1. The zero-order chi connectivity index (χ0) is 16.7. The molecular weight excluding hydrogens is 313 g/mol. The molecule has 1 N–H and O–H groups in total. The number of nitrogens with zero attached hydrogens (tertiary/aromatic N) is 1. The normalized spacial score (nSPS) is 22.0. The Morgan fingerprint density at radius 3 is 2.32 bits per heavy atom. The summed E-state index contributed by atoms with van der Waals surface area (Å²) < 4.78 is 63.9. The van der Waals surface area contributed by atoms with E-state index in [4.69, 9.17) is 5.11 Å². The van der Waals surface area contributed by atoms with Crippen molar-refractivity contribution in [3.8, 4) is 0 Å². The first-order valence-electron chi connectivity index (χ1n) is 6.15. The van der Waals surface area contributed by atoms with Gasteiger partial charge in [0.1, 0.15) is 11.6 Å². The molecule has 120 valence electrons. The molecular formula is C13H10F5NO3. The van der Waals surface area contributed by atoms with Gasteiger partial charge < -0.3 is 10.0 Å². The Hall–Kier alpha value is -2.19. The van der Waals surface area contributed by atoms with Crippen molar-refractivity contribution in [3.05, 3.63) is 35.4 Å². The maximum absolute atomic E-state index is 13.7. The van der Waals surface area contributed by atoms with Gasteiger partial charge in [0.05, 0.1) is 5.92 Å². The van der Waals surface area contributed by atoms with Crippen LogP contribution < -0.4 is 0 Å². The van der Waals surface area contributed by atoms with E-state index in [9.17, 15) is 31.5 Å². The lowest BCUT2D eigenvalue weighted by Crippen LogP contribution is -2.40. The number of hydrogen-bond acceptors (Lipinski definition) is 2. The average molecular weight is 323 g/mol. The Balaban J connectivity index is 2.33. The minimum absolute atomic E-state index is 0.230. The highest BCUT2D eigenvalue weighted by atomic mass is 19.4. The van der Waals surface area contributed by atoms with Crippen LogP contribution in [0.1, 0.15) is 11.5 Å². The predicted molar refractivity (Wildman–Crippen MR) is 62.9 cm³/mol. The van der Waals surface area contributed by atoms with E-state index in [1.807, 2.05) is 0 Å². The molecule has 9 heteroatoms. The molecule has 0 unspecified atom stereocenters. The van der Waals surface area contributed by atoms with Gasteiger partial charge in [0.15, 0.2) is 0 Å². The maximum Gasteiger partial charge on any atom is 0.471 e. The summed E-state index contributed by atoms with van der Waals surface area (Å²) in [7, 11) is 0. The first-order valence-corrected chi connectivity index (χ1v) is 6.15. The summed E-state index contributed by atoms with van der Waals surface area (Å²) in [5.41, 5.74) is -0.230. The second-order valence-electron chi connectivity index (χ2n) is 4.92. The number of alkyl halides is 3. The van der Waals surface area contributed by atoms with E-state index in [-0.39, 0.29) is 5.56 Å². The molecule has 0 aromatic heterocycles. The third-order valence-electron chi connectivity index (χ3n) is 3.53. The number of carboxylic acids is 1. The molecule has 0 saturated carbocycles.